The minimum Gasteiger partial charge on any atom is -0.484 e. The van der Waals surface area contributed by atoms with Crippen molar-refractivity contribution in [2.45, 2.75) is 18.6 Å². The molecule has 1 aliphatic rings. The Labute approximate surface area is 158 Å². The van der Waals surface area contributed by atoms with E-state index in [1.807, 2.05) is 30.5 Å². The molecule has 0 radical (unpaired) electrons. The van der Waals surface area contributed by atoms with Crippen LogP contribution >= 0.6 is 12.0 Å². The number of hydrogen-bond donors (Lipinski definition) is 1. The Morgan fingerprint density at radius 3 is 2.59 bits per heavy atom. The lowest BCUT2D eigenvalue weighted by Crippen LogP contribution is -2.38. The largest absolute Gasteiger partial charge is 0.484 e. The number of fused-ring (bicyclic) bond motifs is 3. The summed E-state index contributed by atoms with van der Waals surface area (Å²) >= 11 is 1.26. The second-order valence-electron chi connectivity index (χ2n) is 6.37. The van der Waals surface area contributed by atoms with Crippen molar-refractivity contribution in [3.05, 3.63) is 71.0 Å². The summed E-state index contributed by atoms with van der Waals surface area (Å²) in [6.07, 6.45) is 1.35. The topological polar surface area (TPSA) is 44.5 Å². The van der Waals surface area contributed by atoms with E-state index in [9.17, 15) is 13.2 Å². The zero-order valence-electron chi connectivity index (χ0n) is 14.3. The van der Waals surface area contributed by atoms with Crippen LogP contribution in [0.5, 0.6) is 11.5 Å². The second-order valence-corrected chi connectivity index (χ2v) is 6.87. The minimum atomic E-state index is -1.24. The van der Waals surface area contributed by atoms with Gasteiger partial charge in [0.15, 0.2) is 11.6 Å². The van der Waals surface area contributed by atoms with Crippen LogP contribution in [0.15, 0.2) is 42.5 Å². The fourth-order valence-corrected chi connectivity index (χ4v) is 3.73. The first-order valence-electron chi connectivity index (χ1n) is 8.31. The second kappa shape index (κ2) is 6.98. The van der Waals surface area contributed by atoms with E-state index in [2.05, 4.69) is 0 Å². The fourth-order valence-electron chi connectivity index (χ4n) is 3.44. The Balaban J connectivity index is 1.74. The number of benzene rings is 3. The fraction of sp³-hybridized carbons (Fsp3) is 0.200. The molecule has 0 aromatic heterocycles. The van der Waals surface area contributed by atoms with Crippen molar-refractivity contribution >= 4 is 22.8 Å². The van der Waals surface area contributed by atoms with Gasteiger partial charge >= 0.3 is 0 Å². The molecule has 2 atom stereocenters. The smallest absolute Gasteiger partial charge is 0.161 e. The summed E-state index contributed by atoms with van der Waals surface area (Å²) in [6.45, 7) is 0. The first-order chi connectivity index (χ1) is 13.0. The van der Waals surface area contributed by atoms with E-state index < -0.39 is 29.6 Å². The van der Waals surface area contributed by atoms with E-state index in [1.54, 1.807) is 6.07 Å². The molecule has 0 saturated carbocycles. The van der Waals surface area contributed by atoms with E-state index in [0.717, 1.165) is 28.2 Å². The van der Waals surface area contributed by atoms with Crippen LogP contribution in [0.1, 0.15) is 17.2 Å². The summed E-state index contributed by atoms with van der Waals surface area (Å²) in [5.41, 5.74) is 7.03. The van der Waals surface area contributed by atoms with Gasteiger partial charge in [-0.1, -0.05) is 12.1 Å². The van der Waals surface area contributed by atoms with Gasteiger partial charge < -0.3 is 14.7 Å². The Morgan fingerprint density at radius 2 is 1.81 bits per heavy atom. The van der Waals surface area contributed by atoms with Crippen molar-refractivity contribution in [2.24, 2.45) is 5.73 Å². The number of hydrogen-bond acceptors (Lipinski definition) is 4. The van der Waals surface area contributed by atoms with Crippen LogP contribution in [0.2, 0.25) is 0 Å². The van der Waals surface area contributed by atoms with Gasteiger partial charge in [-0.3, -0.25) is 0 Å². The summed E-state index contributed by atoms with van der Waals surface area (Å²) < 4.78 is 52.3. The highest BCUT2D eigenvalue weighted by atomic mass is 32.2. The van der Waals surface area contributed by atoms with Crippen LogP contribution in [-0.2, 0) is 6.42 Å². The van der Waals surface area contributed by atoms with Gasteiger partial charge in [0, 0.05) is 23.4 Å². The lowest BCUT2D eigenvalue weighted by atomic mass is 9.90. The van der Waals surface area contributed by atoms with E-state index in [-0.39, 0.29) is 5.56 Å². The maximum Gasteiger partial charge on any atom is 0.161 e. The van der Waals surface area contributed by atoms with Gasteiger partial charge in [-0.05, 0) is 41.5 Å². The Hall–Kier alpha value is -2.38. The lowest BCUT2D eigenvalue weighted by molar-refractivity contribution is 0.149. The molecule has 1 aliphatic heterocycles. The molecule has 0 spiro atoms. The van der Waals surface area contributed by atoms with Crippen LogP contribution in [0, 0.1) is 17.5 Å². The average Bonchev–Trinajstić information content (AvgIpc) is 2.64. The highest BCUT2D eigenvalue weighted by Gasteiger charge is 2.32. The van der Waals surface area contributed by atoms with Crippen LogP contribution in [0.25, 0.3) is 10.8 Å². The standard InChI is InChI=1S/C20H16F3NO2S/c1-27-26-11-3-4-12-10(6-11)2-5-19-13(12)8-18(24)20(25-19)14-7-16(22)17(23)9-15(14)21/h2-7,9,18,20H,8,24H2,1H3/t18?,20-/m1/s1. The first kappa shape index (κ1) is 18.0. The van der Waals surface area contributed by atoms with Gasteiger partial charge in [0.25, 0.3) is 0 Å². The summed E-state index contributed by atoms with van der Waals surface area (Å²) in [4.78, 5) is 0. The highest BCUT2D eigenvalue weighted by Crippen LogP contribution is 2.40. The molecule has 1 heterocycles. The Kier molecular flexibility index (Phi) is 4.65. The number of nitrogens with two attached hydrogens (primary N) is 1. The zero-order chi connectivity index (χ0) is 19.1. The van der Waals surface area contributed by atoms with Gasteiger partial charge in [0.1, 0.15) is 23.4 Å². The molecule has 140 valence electrons. The SMILES string of the molecule is CSOc1ccc2c3c(ccc2c1)O[C@H](c1cc(F)c(F)cc1F)C(N)C3. The summed E-state index contributed by atoms with van der Waals surface area (Å²) in [5.74, 6) is -1.96. The third-order valence-corrected chi connectivity index (χ3v) is 5.03. The van der Waals surface area contributed by atoms with Crippen molar-refractivity contribution < 1.29 is 22.1 Å². The van der Waals surface area contributed by atoms with Gasteiger partial charge in [-0.2, -0.15) is 0 Å². The van der Waals surface area contributed by atoms with Gasteiger partial charge in [0.2, 0.25) is 0 Å². The van der Waals surface area contributed by atoms with Crippen LogP contribution in [0.4, 0.5) is 13.2 Å². The molecule has 3 nitrogen and oxygen atoms in total. The molecular weight excluding hydrogens is 375 g/mol. The highest BCUT2D eigenvalue weighted by molar-refractivity contribution is 7.94. The third-order valence-electron chi connectivity index (χ3n) is 4.67. The third kappa shape index (κ3) is 3.21. The predicted octanol–water partition coefficient (Wildman–Crippen LogP) is 4.92. The van der Waals surface area contributed by atoms with Crippen LogP contribution in [0.3, 0.4) is 0 Å². The van der Waals surface area contributed by atoms with Gasteiger partial charge in [0.05, 0.1) is 18.1 Å². The van der Waals surface area contributed by atoms with E-state index in [1.165, 1.54) is 12.0 Å². The Bertz CT molecular complexity index is 1030. The van der Waals surface area contributed by atoms with Crippen molar-refractivity contribution in [1.82, 2.24) is 0 Å². The molecule has 0 fully saturated rings. The maximum atomic E-state index is 14.2. The molecule has 2 N–H and O–H groups in total. The maximum absolute atomic E-state index is 14.2. The molecule has 0 saturated heterocycles. The molecule has 4 rings (SSSR count). The molecule has 3 aromatic carbocycles. The molecule has 0 bridgehead atoms. The van der Waals surface area contributed by atoms with Crippen LogP contribution < -0.4 is 14.7 Å². The monoisotopic (exact) mass is 391 g/mol. The van der Waals surface area contributed by atoms with Gasteiger partial charge in [-0.15, -0.1) is 0 Å². The van der Waals surface area contributed by atoms with Crippen molar-refractivity contribution in [2.75, 3.05) is 6.26 Å². The summed E-state index contributed by atoms with van der Waals surface area (Å²) in [6, 6.07) is 10.1. The van der Waals surface area contributed by atoms with E-state index in [0.29, 0.717) is 18.2 Å². The summed E-state index contributed by atoms with van der Waals surface area (Å²) in [7, 11) is 0. The molecule has 27 heavy (non-hydrogen) atoms. The average molecular weight is 391 g/mol. The van der Waals surface area contributed by atoms with E-state index >= 15 is 0 Å². The van der Waals surface area contributed by atoms with Crippen LogP contribution in [-0.4, -0.2) is 12.3 Å². The zero-order valence-corrected chi connectivity index (χ0v) is 15.2. The molecule has 0 amide bonds. The van der Waals surface area contributed by atoms with E-state index in [4.69, 9.17) is 14.7 Å². The quantitative estimate of drug-likeness (QED) is 0.509. The predicted molar refractivity (Wildman–Crippen MR) is 99.5 cm³/mol. The molecule has 3 aromatic rings. The molecule has 7 heteroatoms. The van der Waals surface area contributed by atoms with Crippen molar-refractivity contribution in [3.8, 4) is 11.5 Å². The first-order valence-corrected chi connectivity index (χ1v) is 9.46. The summed E-state index contributed by atoms with van der Waals surface area (Å²) in [5, 5.41) is 1.93. The molecular formula is C20H16F3NO2S. The number of ether oxygens (including phenoxy) is 1. The number of halogens is 3. The van der Waals surface area contributed by atoms with Crippen molar-refractivity contribution in [1.29, 1.82) is 0 Å². The number of rotatable bonds is 3. The van der Waals surface area contributed by atoms with Crippen molar-refractivity contribution in [3.63, 3.8) is 0 Å². The Morgan fingerprint density at radius 1 is 1.04 bits per heavy atom. The minimum absolute atomic E-state index is 0.0872. The molecule has 0 aliphatic carbocycles. The lowest BCUT2D eigenvalue weighted by Gasteiger charge is -2.32. The molecule has 1 unspecified atom stereocenters. The van der Waals surface area contributed by atoms with Gasteiger partial charge in [-0.25, -0.2) is 13.2 Å². The normalized spacial score (nSPS) is 18.9.